The maximum Gasteiger partial charge on any atom is 0.224 e. The highest BCUT2D eigenvalue weighted by Crippen LogP contribution is 2.25. The lowest BCUT2D eigenvalue weighted by Gasteiger charge is -2.27. The number of nitrogens with zero attached hydrogens (tertiary/aromatic N) is 2. The molecule has 1 amide bonds. The number of anilines is 1. The van der Waals surface area contributed by atoms with Crippen molar-refractivity contribution in [3.05, 3.63) is 36.7 Å². The second kappa shape index (κ2) is 9.54. The van der Waals surface area contributed by atoms with Gasteiger partial charge in [-0.05, 0) is 49.9 Å². The molecule has 7 nitrogen and oxygen atoms in total. The highest BCUT2D eigenvalue weighted by molar-refractivity contribution is 7.90. The van der Waals surface area contributed by atoms with Crippen molar-refractivity contribution < 1.29 is 13.2 Å². The van der Waals surface area contributed by atoms with E-state index in [4.69, 9.17) is 0 Å². The molecule has 154 valence electrons. The molecular weight excluding hydrogens is 400 g/mol. The Labute approximate surface area is 172 Å². The third-order valence-corrected chi connectivity index (χ3v) is 6.22. The Hall–Kier alpha value is -1.90. The highest BCUT2D eigenvalue weighted by Gasteiger charge is 2.22. The van der Waals surface area contributed by atoms with Crippen LogP contribution in [0.3, 0.4) is 0 Å². The van der Waals surface area contributed by atoms with E-state index < -0.39 is 9.84 Å². The van der Waals surface area contributed by atoms with Crippen LogP contribution in [0, 0.1) is 11.8 Å². The van der Waals surface area contributed by atoms with Gasteiger partial charge in [-0.15, -0.1) is 12.4 Å². The van der Waals surface area contributed by atoms with E-state index >= 15 is 0 Å². The molecule has 0 bridgehead atoms. The zero-order chi connectivity index (χ0) is 19.4. The van der Waals surface area contributed by atoms with Gasteiger partial charge in [0.25, 0.3) is 0 Å². The summed E-state index contributed by atoms with van der Waals surface area (Å²) in [5.41, 5.74) is 1.02. The zero-order valence-corrected chi connectivity index (χ0v) is 17.7. The average molecular weight is 427 g/mol. The lowest BCUT2D eigenvalue weighted by Crippen LogP contribution is -2.32. The standard InChI is InChI=1S/C19H26N4O3S.ClH/c1-14(15-7-9-20-10-8-15)11-19(24)22-16-12-21-23(13-16)17-5-3-4-6-18(17)27(2,25)26;/h3-6,12-15,20H,7-11H2,1-2H3,(H,22,24);1H. The SMILES string of the molecule is CC(CC(=O)Nc1cnn(-c2ccccc2S(C)(=O)=O)c1)C1CCNCC1.Cl. The number of amides is 1. The number of piperidine rings is 1. The molecule has 28 heavy (non-hydrogen) atoms. The molecule has 2 N–H and O–H groups in total. The molecule has 0 radical (unpaired) electrons. The quantitative estimate of drug-likeness (QED) is 0.740. The van der Waals surface area contributed by atoms with Crippen LogP contribution in [-0.4, -0.2) is 43.5 Å². The van der Waals surface area contributed by atoms with Gasteiger partial charge in [-0.25, -0.2) is 13.1 Å². The Balaban J connectivity index is 0.00000280. The van der Waals surface area contributed by atoms with Gasteiger partial charge in [-0.2, -0.15) is 5.10 Å². The van der Waals surface area contributed by atoms with Crippen molar-refractivity contribution in [2.45, 2.75) is 31.1 Å². The number of aromatic nitrogens is 2. The van der Waals surface area contributed by atoms with Gasteiger partial charge >= 0.3 is 0 Å². The van der Waals surface area contributed by atoms with E-state index in [-0.39, 0.29) is 23.2 Å². The van der Waals surface area contributed by atoms with E-state index in [1.54, 1.807) is 30.5 Å². The van der Waals surface area contributed by atoms with Crippen molar-refractivity contribution in [1.29, 1.82) is 0 Å². The molecule has 1 unspecified atom stereocenters. The number of carbonyl (C=O) groups excluding carboxylic acids is 1. The van der Waals surface area contributed by atoms with Gasteiger partial charge in [0.05, 0.1) is 28.7 Å². The molecule has 1 atom stereocenters. The monoisotopic (exact) mass is 426 g/mol. The second-order valence-electron chi connectivity index (χ2n) is 7.23. The first-order chi connectivity index (χ1) is 12.8. The van der Waals surface area contributed by atoms with Crippen LogP contribution < -0.4 is 10.6 Å². The molecule has 0 saturated carbocycles. The van der Waals surface area contributed by atoms with E-state index in [1.807, 2.05) is 0 Å². The summed E-state index contributed by atoms with van der Waals surface area (Å²) in [6.07, 6.45) is 7.02. The van der Waals surface area contributed by atoms with E-state index in [0.717, 1.165) is 25.9 Å². The summed E-state index contributed by atoms with van der Waals surface area (Å²) in [6, 6.07) is 6.67. The smallest absolute Gasteiger partial charge is 0.224 e. The Morgan fingerprint density at radius 3 is 2.68 bits per heavy atom. The minimum Gasteiger partial charge on any atom is -0.323 e. The number of hydrogen-bond donors (Lipinski definition) is 2. The van der Waals surface area contributed by atoms with Crippen LogP contribution in [0.1, 0.15) is 26.2 Å². The fourth-order valence-corrected chi connectivity index (χ4v) is 4.43. The number of sulfone groups is 1. The van der Waals surface area contributed by atoms with Gasteiger partial charge in [0, 0.05) is 12.7 Å². The van der Waals surface area contributed by atoms with Gasteiger partial charge in [0.15, 0.2) is 9.84 Å². The minimum absolute atomic E-state index is 0. The van der Waals surface area contributed by atoms with Gasteiger partial charge in [0.1, 0.15) is 0 Å². The van der Waals surface area contributed by atoms with E-state index in [1.165, 1.54) is 17.1 Å². The number of para-hydroxylation sites is 1. The van der Waals surface area contributed by atoms with Crippen molar-refractivity contribution in [3.8, 4) is 5.69 Å². The molecule has 2 heterocycles. The number of benzene rings is 1. The fraction of sp³-hybridized carbons (Fsp3) is 0.474. The Morgan fingerprint density at radius 2 is 2.00 bits per heavy atom. The molecule has 0 spiro atoms. The predicted octanol–water partition coefficient (Wildman–Crippen LogP) is 2.66. The van der Waals surface area contributed by atoms with Crippen molar-refractivity contribution in [2.24, 2.45) is 11.8 Å². The number of rotatable bonds is 6. The summed E-state index contributed by atoms with van der Waals surface area (Å²) in [6.45, 7) is 4.16. The summed E-state index contributed by atoms with van der Waals surface area (Å²) < 4.78 is 25.4. The fourth-order valence-electron chi connectivity index (χ4n) is 3.56. The third kappa shape index (κ3) is 5.56. The topological polar surface area (TPSA) is 93.1 Å². The Bertz CT molecular complexity index is 907. The molecule has 3 rings (SSSR count). The average Bonchev–Trinajstić information content (AvgIpc) is 3.10. The van der Waals surface area contributed by atoms with Crippen molar-refractivity contribution in [3.63, 3.8) is 0 Å². The van der Waals surface area contributed by atoms with Crippen LogP contribution in [0.4, 0.5) is 5.69 Å². The first-order valence-electron chi connectivity index (χ1n) is 9.19. The molecule has 1 aliphatic rings. The zero-order valence-electron chi connectivity index (χ0n) is 16.1. The molecular formula is C19H27ClN4O3S. The van der Waals surface area contributed by atoms with Gasteiger partial charge in [-0.3, -0.25) is 4.79 Å². The summed E-state index contributed by atoms with van der Waals surface area (Å²) >= 11 is 0. The van der Waals surface area contributed by atoms with Gasteiger partial charge < -0.3 is 10.6 Å². The second-order valence-corrected chi connectivity index (χ2v) is 9.21. The summed E-state index contributed by atoms with van der Waals surface area (Å²) in [5.74, 6) is 0.853. The predicted molar refractivity (Wildman–Crippen MR) is 112 cm³/mol. The van der Waals surface area contributed by atoms with Crippen LogP contribution in [0.15, 0.2) is 41.6 Å². The molecule has 1 aliphatic heterocycles. The molecule has 9 heteroatoms. The van der Waals surface area contributed by atoms with Crippen LogP contribution in [-0.2, 0) is 14.6 Å². The van der Waals surface area contributed by atoms with E-state index in [0.29, 0.717) is 29.6 Å². The molecule has 0 aliphatic carbocycles. The first-order valence-corrected chi connectivity index (χ1v) is 11.1. The molecule has 2 aromatic rings. The van der Waals surface area contributed by atoms with Crippen molar-refractivity contribution in [2.75, 3.05) is 24.7 Å². The third-order valence-electron chi connectivity index (χ3n) is 5.07. The maximum atomic E-state index is 12.4. The van der Waals surface area contributed by atoms with Crippen LogP contribution >= 0.6 is 12.4 Å². The van der Waals surface area contributed by atoms with Crippen molar-refractivity contribution >= 4 is 33.8 Å². The van der Waals surface area contributed by atoms with Crippen LogP contribution in [0.5, 0.6) is 0 Å². The minimum atomic E-state index is -3.38. The summed E-state index contributed by atoms with van der Waals surface area (Å²) in [7, 11) is -3.38. The Kier molecular flexibility index (Phi) is 7.63. The first kappa shape index (κ1) is 22.4. The normalized spacial score (nSPS) is 16.2. The van der Waals surface area contributed by atoms with Gasteiger partial charge in [0.2, 0.25) is 5.91 Å². The lowest BCUT2D eigenvalue weighted by atomic mass is 9.84. The van der Waals surface area contributed by atoms with Crippen molar-refractivity contribution in [1.82, 2.24) is 15.1 Å². The largest absolute Gasteiger partial charge is 0.323 e. The van der Waals surface area contributed by atoms with E-state index in [2.05, 4.69) is 22.7 Å². The maximum absolute atomic E-state index is 12.4. The summed E-state index contributed by atoms with van der Waals surface area (Å²) in [4.78, 5) is 12.6. The Morgan fingerprint density at radius 1 is 1.32 bits per heavy atom. The molecule has 1 saturated heterocycles. The highest BCUT2D eigenvalue weighted by atomic mass is 35.5. The summed E-state index contributed by atoms with van der Waals surface area (Å²) in [5, 5.41) is 10.4. The molecule has 1 aromatic heterocycles. The van der Waals surface area contributed by atoms with Gasteiger partial charge in [-0.1, -0.05) is 19.1 Å². The number of halogens is 1. The number of nitrogens with one attached hydrogen (secondary N) is 2. The van der Waals surface area contributed by atoms with Crippen LogP contribution in [0.25, 0.3) is 5.69 Å². The lowest BCUT2D eigenvalue weighted by molar-refractivity contribution is -0.117. The van der Waals surface area contributed by atoms with E-state index in [9.17, 15) is 13.2 Å². The van der Waals surface area contributed by atoms with Crippen LogP contribution in [0.2, 0.25) is 0 Å². The molecule has 1 aromatic carbocycles. The number of hydrogen-bond acceptors (Lipinski definition) is 5. The molecule has 1 fully saturated rings. The number of carbonyl (C=O) groups is 1.